The Morgan fingerprint density at radius 2 is 1.81 bits per heavy atom. The van der Waals surface area contributed by atoms with Gasteiger partial charge in [-0.25, -0.2) is 0 Å². The molecule has 1 saturated carbocycles. The van der Waals surface area contributed by atoms with Gasteiger partial charge < -0.3 is 0 Å². The number of nitrogens with zero attached hydrogens (tertiary/aromatic N) is 2. The zero-order valence-electron chi connectivity index (χ0n) is 10.1. The van der Waals surface area contributed by atoms with E-state index in [0.29, 0.717) is 19.6 Å². The summed E-state index contributed by atoms with van der Waals surface area (Å²) in [6, 6.07) is 0. The summed E-state index contributed by atoms with van der Waals surface area (Å²) in [4.78, 5) is 0. The van der Waals surface area contributed by atoms with E-state index in [4.69, 9.17) is 0 Å². The Balaban J connectivity index is 1.76. The topological polar surface area (TPSA) is 40.4 Å². The summed E-state index contributed by atoms with van der Waals surface area (Å²) >= 11 is 0. The van der Waals surface area contributed by atoms with Gasteiger partial charge in [0.15, 0.2) is 0 Å². The van der Waals surface area contributed by atoms with Crippen LogP contribution in [0.2, 0.25) is 0 Å². The summed E-state index contributed by atoms with van der Waals surface area (Å²) in [5.74, 6) is 0.751. The van der Waals surface area contributed by atoms with E-state index < -0.39 is 10.2 Å². The molecule has 0 aromatic heterocycles. The van der Waals surface area contributed by atoms with Crippen molar-refractivity contribution in [3.63, 3.8) is 0 Å². The molecule has 16 heavy (non-hydrogen) atoms. The number of hydrogen-bond donors (Lipinski definition) is 0. The van der Waals surface area contributed by atoms with Crippen LogP contribution in [0.4, 0.5) is 0 Å². The highest BCUT2D eigenvalue weighted by atomic mass is 32.2. The average molecular weight is 246 g/mol. The van der Waals surface area contributed by atoms with Gasteiger partial charge in [-0.05, 0) is 12.3 Å². The van der Waals surface area contributed by atoms with Crippen molar-refractivity contribution in [2.24, 2.45) is 5.92 Å². The van der Waals surface area contributed by atoms with Crippen LogP contribution < -0.4 is 0 Å². The predicted octanol–water partition coefficient (Wildman–Crippen LogP) is 1.45. The quantitative estimate of drug-likeness (QED) is 0.689. The third-order valence-corrected chi connectivity index (χ3v) is 5.69. The molecule has 0 spiro atoms. The third-order valence-electron chi connectivity index (χ3n) is 3.70. The zero-order valence-corrected chi connectivity index (χ0v) is 10.9. The molecule has 5 heteroatoms. The van der Waals surface area contributed by atoms with Crippen molar-refractivity contribution in [3.05, 3.63) is 0 Å². The average Bonchev–Trinajstić information content (AvgIpc) is 3.11. The highest BCUT2D eigenvalue weighted by Crippen LogP contribution is 2.27. The van der Waals surface area contributed by atoms with Gasteiger partial charge in [0.2, 0.25) is 0 Å². The van der Waals surface area contributed by atoms with Crippen LogP contribution in [-0.4, -0.2) is 43.7 Å². The van der Waals surface area contributed by atoms with Crippen LogP contribution in [0, 0.1) is 5.92 Å². The van der Waals surface area contributed by atoms with Crippen molar-refractivity contribution in [2.75, 3.05) is 26.7 Å². The Morgan fingerprint density at radius 1 is 1.19 bits per heavy atom. The Morgan fingerprint density at radius 3 is 2.38 bits per heavy atom. The summed E-state index contributed by atoms with van der Waals surface area (Å²) in [6.45, 7) is 2.09. The van der Waals surface area contributed by atoms with Gasteiger partial charge in [-0.3, -0.25) is 0 Å². The van der Waals surface area contributed by atoms with Crippen molar-refractivity contribution in [2.45, 2.75) is 38.5 Å². The largest absolute Gasteiger partial charge is 0.281 e. The Hall–Kier alpha value is -0.130. The van der Waals surface area contributed by atoms with Gasteiger partial charge in [0, 0.05) is 26.7 Å². The van der Waals surface area contributed by atoms with Gasteiger partial charge in [0.25, 0.3) is 10.2 Å². The van der Waals surface area contributed by atoms with Gasteiger partial charge in [-0.1, -0.05) is 32.1 Å². The second kappa shape index (κ2) is 5.02. The molecular formula is C11H22N2O2S. The summed E-state index contributed by atoms with van der Waals surface area (Å²) in [7, 11) is -1.40. The molecule has 1 saturated heterocycles. The van der Waals surface area contributed by atoms with Crippen LogP contribution >= 0.6 is 0 Å². The lowest BCUT2D eigenvalue weighted by molar-refractivity contribution is 0.311. The number of hydrogen-bond acceptors (Lipinski definition) is 2. The maximum atomic E-state index is 11.8. The molecule has 2 aliphatic rings. The van der Waals surface area contributed by atoms with E-state index in [1.54, 1.807) is 7.05 Å². The first-order chi connectivity index (χ1) is 7.60. The van der Waals surface area contributed by atoms with E-state index in [1.807, 2.05) is 0 Å². The van der Waals surface area contributed by atoms with Crippen molar-refractivity contribution in [1.82, 2.24) is 8.61 Å². The second-order valence-electron chi connectivity index (χ2n) is 5.02. The lowest BCUT2D eigenvalue weighted by Crippen LogP contribution is -2.34. The molecule has 0 unspecified atom stereocenters. The van der Waals surface area contributed by atoms with Crippen molar-refractivity contribution in [3.8, 4) is 0 Å². The molecule has 2 fully saturated rings. The Labute approximate surface area is 98.8 Å². The maximum absolute atomic E-state index is 11.8. The second-order valence-corrected chi connectivity index (χ2v) is 7.06. The number of rotatable bonds is 5. The normalized spacial score (nSPS) is 23.9. The molecule has 0 bridgehead atoms. The molecule has 0 amide bonds. The maximum Gasteiger partial charge on any atom is 0.281 e. The van der Waals surface area contributed by atoms with Crippen LogP contribution in [0.3, 0.4) is 0 Å². The fourth-order valence-electron chi connectivity index (χ4n) is 2.42. The lowest BCUT2D eigenvalue weighted by Gasteiger charge is -2.24. The van der Waals surface area contributed by atoms with Gasteiger partial charge in [-0.2, -0.15) is 17.0 Å². The van der Waals surface area contributed by atoms with E-state index in [9.17, 15) is 8.42 Å². The van der Waals surface area contributed by atoms with Crippen molar-refractivity contribution < 1.29 is 8.42 Å². The Bertz CT molecular complexity index is 319. The van der Waals surface area contributed by atoms with Gasteiger partial charge in [0.05, 0.1) is 0 Å². The minimum Gasteiger partial charge on any atom is -0.195 e. The monoisotopic (exact) mass is 246 g/mol. The van der Waals surface area contributed by atoms with Crippen molar-refractivity contribution >= 4 is 10.2 Å². The van der Waals surface area contributed by atoms with Gasteiger partial charge >= 0.3 is 0 Å². The SMILES string of the molecule is CN(CCC1CCCCC1)S(=O)(=O)N1CC1. The van der Waals surface area contributed by atoms with E-state index in [-0.39, 0.29) is 0 Å². The summed E-state index contributed by atoms with van der Waals surface area (Å²) < 4.78 is 26.7. The molecule has 2 rings (SSSR count). The summed E-state index contributed by atoms with van der Waals surface area (Å²) in [5, 5.41) is 0. The lowest BCUT2D eigenvalue weighted by atomic mass is 9.87. The van der Waals surface area contributed by atoms with Gasteiger partial charge in [-0.15, -0.1) is 0 Å². The molecule has 0 radical (unpaired) electrons. The summed E-state index contributed by atoms with van der Waals surface area (Å²) in [6.07, 6.45) is 7.62. The first kappa shape index (κ1) is 12.3. The smallest absolute Gasteiger partial charge is 0.195 e. The molecule has 0 aromatic carbocycles. The van der Waals surface area contributed by atoms with Gasteiger partial charge in [0.1, 0.15) is 0 Å². The molecular weight excluding hydrogens is 224 g/mol. The van der Waals surface area contributed by atoms with E-state index >= 15 is 0 Å². The standard InChI is InChI=1S/C11H22N2O2S/c1-12(16(14,15)13-9-10-13)8-7-11-5-3-2-4-6-11/h11H,2-10H2,1H3. The highest BCUT2D eigenvalue weighted by Gasteiger charge is 2.35. The van der Waals surface area contributed by atoms with E-state index in [2.05, 4.69) is 0 Å². The van der Waals surface area contributed by atoms with Crippen LogP contribution in [0.15, 0.2) is 0 Å². The molecule has 1 aliphatic carbocycles. The fraction of sp³-hybridized carbons (Fsp3) is 1.00. The molecule has 0 aromatic rings. The van der Waals surface area contributed by atoms with E-state index in [0.717, 1.165) is 12.3 Å². The molecule has 0 N–H and O–H groups in total. The van der Waals surface area contributed by atoms with E-state index in [1.165, 1.54) is 40.7 Å². The van der Waals surface area contributed by atoms with Crippen LogP contribution in [0.1, 0.15) is 38.5 Å². The molecule has 4 nitrogen and oxygen atoms in total. The summed E-state index contributed by atoms with van der Waals surface area (Å²) in [5.41, 5.74) is 0. The van der Waals surface area contributed by atoms with Crippen LogP contribution in [0.25, 0.3) is 0 Å². The van der Waals surface area contributed by atoms with Crippen LogP contribution in [-0.2, 0) is 10.2 Å². The fourth-order valence-corrected chi connectivity index (χ4v) is 3.70. The highest BCUT2D eigenvalue weighted by molar-refractivity contribution is 7.87. The Kier molecular flexibility index (Phi) is 3.87. The minimum atomic E-state index is -3.10. The zero-order chi connectivity index (χ0) is 11.6. The minimum absolute atomic E-state index is 0.684. The van der Waals surface area contributed by atoms with Crippen LogP contribution in [0.5, 0.6) is 0 Å². The third kappa shape index (κ3) is 2.96. The molecule has 94 valence electrons. The predicted molar refractivity (Wildman–Crippen MR) is 64.3 cm³/mol. The first-order valence-corrected chi connectivity index (χ1v) is 7.72. The molecule has 0 atom stereocenters. The molecule has 1 aliphatic heterocycles. The van der Waals surface area contributed by atoms with Crippen molar-refractivity contribution in [1.29, 1.82) is 0 Å². The molecule has 1 heterocycles. The first-order valence-electron chi connectivity index (χ1n) is 6.32.